The van der Waals surface area contributed by atoms with Crippen LogP contribution in [0.1, 0.15) is 29.3 Å². The molecule has 174 valence electrons. The zero-order chi connectivity index (χ0) is 23.0. The molecule has 0 saturated carbocycles. The van der Waals surface area contributed by atoms with E-state index in [2.05, 4.69) is 62.6 Å². The molecule has 7 heteroatoms. The van der Waals surface area contributed by atoms with E-state index in [9.17, 15) is 4.79 Å². The summed E-state index contributed by atoms with van der Waals surface area (Å²) in [5.41, 5.74) is 3.54. The van der Waals surface area contributed by atoms with Crippen LogP contribution in [0.2, 0.25) is 5.02 Å². The first kappa shape index (κ1) is 23.5. The molecule has 0 radical (unpaired) electrons. The lowest BCUT2D eigenvalue weighted by atomic mass is 9.96. The minimum absolute atomic E-state index is 0.0897. The lowest BCUT2D eigenvalue weighted by molar-refractivity contribution is -0.121. The molecule has 1 atom stereocenters. The van der Waals surface area contributed by atoms with Crippen LogP contribution in [0.5, 0.6) is 0 Å². The van der Waals surface area contributed by atoms with E-state index in [1.807, 2.05) is 29.8 Å². The van der Waals surface area contributed by atoms with Crippen molar-refractivity contribution >= 4 is 17.5 Å². The van der Waals surface area contributed by atoms with Crippen LogP contribution in [0.3, 0.4) is 0 Å². The number of piperazine rings is 1. The van der Waals surface area contributed by atoms with Crippen molar-refractivity contribution in [2.75, 3.05) is 39.3 Å². The Bertz CT molecular complexity index is 1010. The average molecular weight is 466 g/mol. The predicted molar refractivity (Wildman–Crippen MR) is 132 cm³/mol. The van der Waals surface area contributed by atoms with Gasteiger partial charge in [-0.1, -0.05) is 54.1 Å². The van der Waals surface area contributed by atoms with E-state index in [0.717, 1.165) is 43.4 Å². The van der Waals surface area contributed by atoms with E-state index >= 15 is 0 Å². The van der Waals surface area contributed by atoms with Gasteiger partial charge in [-0.3, -0.25) is 14.6 Å². The quantitative estimate of drug-likeness (QED) is 0.522. The number of rotatable bonds is 9. The first-order valence-electron chi connectivity index (χ1n) is 11.6. The highest BCUT2D eigenvalue weighted by Crippen LogP contribution is 2.30. The standard InChI is InChI=1S/C26H32ClN5O/c1-21-19-31(20-29-21)13-11-25(33)28-12-14-30-15-17-32(18-16-30)26(22-5-3-2-4-6-22)23-7-9-24(27)10-8-23/h2-10,19-20,26H,11-18H2,1H3,(H,28,33). The number of nitrogens with one attached hydrogen (secondary N) is 1. The lowest BCUT2D eigenvalue weighted by Crippen LogP contribution is -2.49. The van der Waals surface area contributed by atoms with Gasteiger partial charge in [0.2, 0.25) is 5.91 Å². The predicted octanol–water partition coefficient (Wildman–Crippen LogP) is 3.76. The summed E-state index contributed by atoms with van der Waals surface area (Å²) in [6.45, 7) is 8.11. The summed E-state index contributed by atoms with van der Waals surface area (Å²) < 4.78 is 1.96. The highest BCUT2D eigenvalue weighted by atomic mass is 35.5. The molecule has 1 aliphatic rings. The molecule has 2 aromatic carbocycles. The summed E-state index contributed by atoms with van der Waals surface area (Å²) in [6.07, 6.45) is 4.21. The second-order valence-electron chi connectivity index (χ2n) is 8.60. The van der Waals surface area contributed by atoms with E-state index in [1.54, 1.807) is 6.33 Å². The van der Waals surface area contributed by atoms with Gasteiger partial charge in [0.25, 0.3) is 0 Å². The molecule has 1 aromatic heterocycles. The van der Waals surface area contributed by atoms with Crippen LogP contribution in [0.25, 0.3) is 0 Å². The van der Waals surface area contributed by atoms with Gasteiger partial charge in [0.1, 0.15) is 0 Å². The molecule has 2 heterocycles. The SMILES string of the molecule is Cc1cn(CCC(=O)NCCN2CCN(C(c3ccccc3)c3ccc(Cl)cc3)CC2)cn1. The van der Waals surface area contributed by atoms with Crippen LogP contribution in [0.15, 0.2) is 67.1 Å². The molecule has 6 nitrogen and oxygen atoms in total. The van der Waals surface area contributed by atoms with E-state index in [4.69, 9.17) is 11.6 Å². The summed E-state index contributed by atoms with van der Waals surface area (Å²) in [5.74, 6) is 0.0897. The summed E-state index contributed by atoms with van der Waals surface area (Å²) in [4.78, 5) is 21.3. The molecule has 0 aliphatic carbocycles. The number of halogens is 1. The molecular weight excluding hydrogens is 434 g/mol. The van der Waals surface area contributed by atoms with Crippen molar-refractivity contribution in [2.24, 2.45) is 0 Å². The molecule has 1 unspecified atom stereocenters. The third-order valence-electron chi connectivity index (χ3n) is 6.18. The Labute approximate surface area is 201 Å². The maximum absolute atomic E-state index is 12.2. The zero-order valence-corrected chi connectivity index (χ0v) is 19.9. The van der Waals surface area contributed by atoms with Crippen molar-refractivity contribution in [1.29, 1.82) is 0 Å². The highest BCUT2D eigenvalue weighted by Gasteiger charge is 2.26. The molecule has 1 saturated heterocycles. The van der Waals surface area contributed by atoms with Gasteiger partial charge in [-0.25, -0.2) is 4.98 Å². The smallest absolute Gasteiger partial charge is 0.221 e. The zero-order valence-electron chi connectivity index (χ0n) is 19.2. The summed E-state index contributed by atoms with van der Waals surface area (Å²) in [6, 6.07) is 19.1. The molecule has 1 fully saturated rings. The Hall–Kier alpha value is -2.67. The average Bonchev–Trinajstić information content (AvgIpc) is 3.26. The fraction of sp³-hybridized carbons (Fsp3) is 0.385. The maximum Gasteiger partial charge on any atom is 0.221 e. The third kappa shape index (κ3) is 6.67. The topological polar surface area (TPSA) is 53.4 Å². The summed E-state index contributed by atoms with van der Waals surface area (Å²) >= 11 is 6.14. The fourth-order valence-electron chi connectivity index (χ4n) is 4.41. The van der Waals surface area contributed by atoms with Crippen LogP contribution in [0.4, 0.5) is 0 Å². The van der Waals surface area contributed by atoms with Crippen molar-refractivity contribution in [2.45, 2.75) is 25.9 Å². The van der Waals surface area contributed by atoms with Gasteiger partial charge < -0.3 is 9.88 Å². The minimum Gasteiger partial charge on any atom is -0.355 e. The van der Waals surface area contributed by atoms with E-state index in [0.29, 0.717) is 19.5 Å². The van der Waals surface area contributed by atoms with Gasteiger partial charge in [0.05, 0.1) is 18.1 Å². The number of nitrogens with zero attached hydrogens (tertiary/aromatic N) is 4. The Morgan fingerprint density at radius 1 is 1.00 bits per heavy atom. The first-order chi connectivity index (χ1) is 16.1. The summed E-state index contributed by atoms with van der Waals surface area (Å²) in [5, 5.41) is 3.82. The summed E-state index contributed by atoms with van der Waals surface area (Å²) in [7, 11) is 0. The number of hydrogen-bond acceptors (Lipinski definition) is 4. The van der Waals surface area contributed by atoms with Gasteiger partial charge in [-0.05, 0) is 30.2 Å². The first-order valence-corrected chi connectivity index (χ1v) is 12.0. The second kappa shape index (κ2) is 11.5. The molecule has 0 spiro atoms. The number of imidazole rings is 1. The Morgan fingerprint density at radius 3 is 2.36 bits per heavy atom. The van der Waals surface area contributed by atoms with E-state index < -0.39 is 0 Å². The van der Waals surface area contributed by atoms with E-state index in [1.165, 1.54) is 11.1 Å². The van der Waals surface area contributed by atoms with Crippen molar-refractivity contribution in [1.82, 2.24) is 24.7 Å². The van der Waals surface area contributed by atoms with Gasteiger partial charge in [-0.2, -0.15) is 0 Å². The number of carbonyl (C=O) groups is 1. The molecule has 33 heavy (non-hydrogen) atoms. The van der Waals surface area contributed by atoms with Gasteiger partial charge in [0, 0.05) is 63.5 Å². The van der Waals surface area contributed by atoms with Gasteiger partial charge >= 0.3 is 0 Å². The minimum atomic E-state index is 0.0897. The Morgan fingerprint density at radius 2 is 1.70 bits per heavy atom. The van der Waals surface area contributed by atoms with Crippen LogP contribution in [0, 0.1) is 6.92 Å². The second-order valence-corrected chi connectivity index (χ2v) is 9.03. The fourth-order valence-corrected chi connectivity index (χ4v) is 4.53. The van der Waals surface area contributed by atoms with Crippen LogP contribution in [-0.2, 0) is 11.3 Å². The van der Waals surface area contributed by atoms with Crippen molar-refractivity contribution in [3.63, 3.8) is 0 Å². The van der Waals surface area contributed by atoms with Crippen molar-refractivity contribution in [3.8, 4) is 0 Å². The largest absolute Gasteiger partial charge is 0.355 e. The van der Waals surface area contributed by atoms with Crippen molar-refractivity contribution in [3.05, 3.63) is 89.0 Å². The van der Waals surface area contributed by atoms with Crippen molar-refractivity contribution < 1.29 is 4.79 Å². The molecular formula is C26H32ClN5O. The lowest BCUT2D eigenvalue weighted by Gasteiger charge is -2.39. The number of aromatic nitrogens is 2. The normalized spacial score (nSPS) is 15.9. The Balaban J connectivity index is 1.25. The highest BCUT2D eigenvalue weighted by molar-refractivity contribution is 6.30. The number of hydrogen-bond donors (Lipinski definition) is 1. The third-order valence-corrected chi connectivity index (χ3v) is 6.43. The Kier molecular flexibility index (Phi) is 8.15. The van der Waals surface area contributed by atoms with Crippen LogP contribution < -0.4 is 5.32 Å². The van der Waals surface area contributed by atoms with Gasteiger partial charge in [-0.15, -0.1) is 0 Å². The number of benzene rings is 2. The number of aryl methyl sites for hydroxylation is 2. The maximum atomic E-state index is 12.2. The number of carbonyl (C=O) groups excluding carboxylic acids is 1. The number of amides is 1. The molecule has 1 amide bonds. The molecule has 1 aliphatic heterocycles. The van der Waals surface area contributed by atoms with Gasteiger partial charge in [0.15, 0.2) is 0 Å². The molecule has 1 N–H and O–H groups in total. The van der Waals surface area contributed by atoms with E-state index in [-0.39, 0.29) is 11.9 Å². The monoisotopic (exact) mass is 465 g/mol. The van der Waals surface area contributed by atoms with Crippen LogP contribution in [-0.4, -0.2) is 64.5 Å². The molecule has 0 bridgehead atoms. The molecule has 3 aromatic rings. The molecule has 4 rings (SSSR count). The van der Waals surface area contributed by atoms with Crippen LogP contribution >= 0.6 is 11.6 Å².